The van der Waals surface area contributed by atoms with Crippen LogP contribution in [0.3, 0.4) is 0 Å². The van der Waals surface area contributed by atoms with Gasteiger partial charge in [0.15, 0.2) is 0 Å². The highest BCUT2D eigenvalue weighted by atomic mass is 32.1. The number of carbonyl (C=O) groups excluding carboxylic acids is 1. The zero-order valence-corrected chi connectivity index (χ0v) is 13.6. The average molecular weight is 317 g/mol. The molecule has 1 aliphatic heterocycles. The van der Waals surface area contributed by atoms with Crippen molar-refractivity contribution in [2.45, 2.75) is 25.3 Å². The fourth-order valence-electron chi connectivity index (χ4n) is 2.63. The molecule has 0 aliphatic carbocycles. The Kier molecular flexibility index (Phi) is 4.33. The number of anilines is 1. The summed E-state index contributed by atoms with van der Waals surface area (Å²) >= 11 is 1.47. The standard InChI is InChI=1S/C15H19N5OS/c1-19(2)14(21)12-10-18-13(22-12)11-6-3-4-9-20(11)15-16-7-5-8-17-15/h5,7-8,10-11H,3-4,6,9H2,1-2H3/t11-/m0/s1. The Labute approximate surface area is 133 Å². The number of thiazole rings is 1. The summed E-state index contributed by atoms with van der Waals surface area (Å²) in [5, 5.41) is 0.970. The SMILES string of the molecule is CN(C)C(=O)c1cnc([C@@H]2CCCCN2c2ncccn2)s1. The van der Waals surface area contributed by atoms with Gasteiger partial charge in [0.2, 0.25) is 5.95 Å². The Morgan fingerprint density at radius 2 is 2.05 bits per heavy atom. The monoisotopic (exact) mass is 317 g/mol. The third kappa shape index (κ3) is 2.94. The zero-order valence-electron chi connectivity index (χ0n) is 12.8. The van der Waals surface area contributed by atoms with Crippen LogP contribution in [0.2, 0.25) is 0 Å². The van der Waals surface area contributed by atoms with Crippen molar-refractivity contribution in [2.75, 3.05) is 25.5 Å². The van der Waals surface area contributed by atoms with Gasteiger partial charge >= 0.3 is 0 Å². The van der Waals surface area contributed by atoms with Gasteiger partial charge in [0.05, 0.1) is 12.2 Å². The van der Waals surface area contributed by atoms with Crippen LogP contribution >= 0.6 is 11.3 Å². The maximum atomic E-state index is 12.1. The number of carbonyl (C=O) groups is 1. The van der Waals surface area contributed by atoms with Crippen LogP contribution in [-0.2, 0) is 0 Å². The van der Waals surface area contributed by atoms with Gasteiger partial charge in [-0.3, -0.25) is 4.79 Å². The van der Waals surface area contributed by atoms with Crippen LogP contribution in [0.4, 0.5) is 5.95 Å². The molecule has 1 fully saturated rings. The van der Waals surface area contributed by atoms with E-state index in [9.17, 15) is 4.79 Å². The second-order valence-electron chi connectivity index (χ2n) is 5.52. The normalized spacial score (nSPS) is 18.3. The van der Waals surface area contributed by atoms with E-state index in [0.717, 1.165) is 36.8 Å². The minimum Gasteiger partial charge on any atom is -0.344 e. The molecule has 7 heteroatoms. The van der Waals surface area contributed by atoms with Gasteiger partial charge in [-0.15, -0.1) is 11.3 Å². The molecule has 0 N–H and O–H groups in total. The number of hydrogen-bond donors (Lipinski definition) is 0. The fourth-order valence-corrected chi connectivity index (χ4v) is 3.72. The molecule has 0 bridgehead atoms. The lowest BCUT2D eigenvalue weighted by atomic mass is 10.0. The second kappa shape index (κ2) is 6.39. The number of aromatic nitrogens is 3. The van der Waals surface area contributed by atoms with Gasteiger partial charge < -0.3 is 9.80 Å². The van der Waals surface area contributed by atoms with Gasteiger partial charge in [-0.25, -0.2) is 15.0 Å². The van der Waals surface area contributed by atoms with Gasteiger partial charge in [-0.05, 0) is 25.3 Å². The number of piperidine rings is 1. The maximum absolute atomic E-state index is 12.1. The maximum Gasteiger partial charge on any atom is 0.265 e. The highest BCUT2D eigenvalue weighted by molar-refractivity contribution is 7.13. The van der Waals surface area contributed by atoms with E-state index in [0.29, 0.717) is 4.88 Å². The lowest BCUT2D eigenvalue weighted by Crippen LogP contribution is -2.34. The van der Waals surface area contributed by atoms with Gasteiger partial charge in [0.25, 0.3) is 5.91 Å². The first-order valence-corrected chi connectivity index (χ1v) is 8.19. The van der Waals surface area contributed by atoms with Crippen molar-refractivity contribution in [3.8, 4) is 0 Å². The van der Waals surface area contributed by atoms with Gasteiger partial charge in [0, 0.05) is 33.0 Å². The molecule has 6 nitrogen and oxygen atoms in total. The summed E-state index contributed by atoms with van der Waals surface area (Å²) in [6, 6.07) is 1.98. The molecular formula is C15H19N5OS. The van der Waals surface area contributed by atoms with E-state index in [1.807, 2.05) is 6.07 Å². The van der Waals surface area contributed by atoms with Crippen LogP contribution in [0, 0.1) is 0 Å². The van der Waals surface area contributed by atoms with Crippen molar-refractivity contribution < 1.29 is 4.79 Å². The largest absolute Gasteiger partial charge is 0.344 e. The smallest absolute Gasteiger partial charge is 0.265 e. The molecule has 2 aromatic rings. The Bertz CT molecular complexity index is 642. The predicted molar refractivity (Wildman–Crippen MR) is 86.1 cm³/mol. The highest BCUT2D eigenvalue weighted by Gasteiger charge is 2.29. The highest BCUT2D eigenvalue weighted by Crippen LogP contribution is 2.35. The molecule has 1 amide bonds. The third-order valence-corrected chi connectivity index (χ3v) is 4.82. The van der Waals surface area contributed by atoms with E-state index in [1.165, 1.54) is 11.3 Å². The van der Waals surface area contributed by atoms with E-state index in [-0.39, 0.29) is 11.9 Å². The quantitative estimate of drug-likeness (QED) is 0.869. The van der Waals surface area contributed by atoms with Crippen LogP contribution in [0.15, 0.2) is 24.7 Å². The van der Waals surface area contributed by atoms with Crippen LogP contribution in [0.1, 0.15) is 40.0 Å². The van der Waals surface area contributed by atoms with E-state index in [4.69, 9.17) is 0 Å². The van der Waals surface area contributed by atoms with Crippen LogP contribution in [0.25, 0.3) is 0 Å². The molecule has 0 radical (unpaired) electrons. The van der Waals surface area contributed by atoms with E-state index >= 15 is 0 Å². The summed E-state index contributed by atoms with van der Waals surface area (Å²) in [5.74, 6) is 0.741. The number of nitrogens with zero attached hydrogens (tertiary/aromatic N) is 5. The van der Waals surface area contributed by atoms with Gasteiger partial charge in [0.1, 0.15) is 9.88 Å². The minimum atomic E-state index is 0.00192. The zero-order chi connectivity index (χ0) is 15.5. The lowest BCUT2D eigenvalue weighted by molar-refractivity contribution is 0.0832. The van der Waals surface area contributed by atoms with Crippen molar-refractivity contribution in [2.24, 2.45) is 0 Å². The Hall–Kier alpha value is -2.02. The molecular weight excluding hydrogens is 298 g/mol. The Morgan fingerprint density at radius 3 is 2.77 bits per heavy atom. The van der Waals surface area contributed by atoms with Crippen LogP contribution < -0.4 is 4.90 Å². The van der Waals surface area contributed by atoms with E-state index in [1.54, 1.807) is 37.6 Å². The number of amides is 1. The third-order valence-electron chi connectivity index (χ3n) is 3.74. The molecule has 0 saturated carbocycles. The first-order chi connectivity index (χ1) is 10.7. The van der Waals surface area contributed by atoms with Crippen molar-refractivity contribution in [3.05, 3.63) is 34.5 Å². The number of hydrogen-bond acceptors (Lipinski definition) is 6. The van der Waals surface area contributed by atoms with Crippen LogP contribution in [0.5, 0.6) is 0 Å². The summed E-state index contributed by atoms with van der Waals surface area (Å²) in [7, 11) is 3.51. The van der Waals surface area contributed by atoms with E-state index < -0.39 is 0 Å². The van der Waals surface area contributed by atoms with Crippen molar-refractivity contribution in [3.63, 3.8) is 0 Å². The molecule has 0 spiro atoms. The first-order valence-electron chi connectivity index (χ1n) is 7.38. The summed E-state index contributed by atoms with van der Waals surface area (Å²) in [4.78, 5) is 29.7. The lowest BCUT2D eigenvalue weighted by Gasteiger charge is -2.34. The molecule has 116 valence electrons. The topological polar surface area (TPSA) is 62.2 Å². The summed E-state index contributed by atoms with van der Waals surface area (Å²) in [5.41, 5.74) is 0. The molecule has 3 heterocycles. The van der Waals surface area contributed by atoms with Crippen molar-refractivity contribution >= 4 is 23.2 Å². The van der Waals surface area contributed by atoms with Gasteiger partial charge in [-0.2, -0.15) is 0 Å². The second-order valence-corrected chi connectivity index (χ2v) is 6.58. The molecule has 0 unspecified atom stereocenters. The van der Waals surface area contributed by atoms with Crippen molar-refractivity contribution in [1.82, 2.24) is 19.9 Å². The molecule has 1 saturated heterocycles. The average Bonchev–Trinajstić information content (AvgIpc) is 3.04. The summed E-state index contributed by atoms with van der Waals surface area (Å²) in [6.45, 7) is 0.922. The molecule has 22 heavy (non-hydrogen) atoms. The predicted octanol–water partition coefficient (Wildman–Crippen LogP) is 2.37. The minimum absolute atomic E-state index is 0.00192. The molecule has 3 rings (SSSR count). The number of rotatable bonds is 3. The molecule has 0 aromatic carbocycles. The molecule has 2 aromatic heterocycles. The Balaban J connectivity index is 1.87. The first kappa shape index (κ1) is 14.9. The van der Waals surface area contributed by atoms with Gasteiger partial charge in [-0.1, -0.05) is 0 Å². The van der Waals surface area contributed by atoms with E-state index in [2.05, 4.69) is 19.9 Å². The Morgan fingerprint density at radius 1 is 1.27 bits per heavy atom. The fraction of sp³-hybridized carbons (Fsp3) is 0.467. The van der Waals surface area contributed by atoms with Crippen molar-refractivity contribution in [1.29, 1.82) is 0 Å². The molecule has 1 atom stereocenters. The molecule has 1 aliphatic rings. The summed E-state index contributed by atoms with van der Waals surface area (Å²) < 4.78 is 0. The van der Waals surface area contributed by atoms with Crippen LogP contribution in [-0.4, -0.2) is 46.4 Å². The summed E-state index contributed by atoms with van der Waals surface area (Å²) in [6.07, 6.45) is 8.50.